The molecule has 0 aliphatic heterocycles. The summed E-state index contributed by atoms with van der Waals surface area (Å²) in [6.45, 7) is 0. The van der Waals surface area contributed by atoms with Gasteiger partial charge in [-0.15, -0.1) is 0 Å². The number of aliphatic carboxylic acids is 1. The number of phenols is 2. The van der Waals surface area contributed by atoms with Gasteiger partial charge in [-0.25, -0.2) is 4.79 Å². The molecule has 20 heavy (non-hydrogen) atoms. The van der Waals surface area contributed by atoms with Crippen LogP contribution in [0.2, 0.25) is 0 Å². The highest BCUT2D eigenvalue weighted by atomic mass is 32.1. The van der Waals surface area contributed by atoms with E-state index in [9.17, 15) is 19.8 Å². The van der Waals surface area contributed by atoms with Crippen molar-refractivity contribution in [2.75, 3.05) is 5.75 Å². The average molecular weight is 300 g/mol. The Balaban J connectivity index is 2.79. The Bertz CT molecular complexity index is 509. The topological polar surface area (TPSA) is 133 Å². The minimum atomic E-state index is -1.22. The van der Waals surface area contributed by atoms with E-state index in [1.54, 1.807) is 0 Å². The first-order valence-electron chi connectivity index (χ1n) is 5.75. The van der Waals surface area contributed by atoms with Gasteiger partial charge in [0.15, 0.2) is 11.5 Å². The van der Waals surface area contributed by atoms with Crippen molar-refractivity contribution in [3.05, 3.63) is 23.8 Å². The van der Waals surface area contributed by atoms with Crippen molar-refractivity contribution in [3.63, 3.8) is 0 Å². The summed E-state index contributed by atoms with van der Waals surface area (Å²) in [6.07, 6.45) is -0.0474. The van der Waals surface area contributed by atoms with Crippen LogP contribution in [0.4, 0.5) is 0 Å². The van der Waals surface area contributed by atoms with E-state index in [1.165, 1.54) is 18.2 Å². The maximum atomic E-state index is 11.6. The molecule has 0 heterocycles. The Labute approximate surface area is 120 Å². The van der Waals surface area contributed by atoms with Gasteiger partial charge in [-0.1, -0.05) is 6.07 Å². The van der Waals surface area contributed by atoms with Crippen LogP contribution in [0.3, 0.4) is 0 Å². The molecule has 1 aromatic carbocycles. The highest BCUT2D eigenvalue weighted by molar-refractivity contribution is 7.80. The standard InChI is InChI=1S/C12H16N2O5S/c13-7(5-20)11(17)14-8(12(18)19)3-6-1-2-9(15)10(16)4-6/h1-2,4,7-8,15-16,20H,3,5,13H2,(H,14,17)(H,18,19). The van der Waals surface area contributed by atoms with Crippen LogP contribution in [-0.4, -0.2) is 45.0 Å². The number of phenolic OH excluding ortho intramolecular Hbond substituents is 2. The predicted molar refractivity (Wildman–Crippen MR) is 74.9 cm³/mol. The van der Waals surface area contributed by atoms with Crippen molar-refractivity contribution in [2.24, 2.45) is 5.73 Å². The van der Waals surface area contributed by atoms with Crippen LogP contribution in [-0.2, 0) is 16.0 Å². The minimum absolute atomic E-state index is 0.0474. The summed E-state index contributed by atoms with van der Waals surface area (Å²) in [7, 11) is 0. The second-order valence-corrected chi connectivity index (χ2v) is 4.58. The maximum Gasteiger partial charge on any atom is 0.326 e. The molecule has 0 saturated heterocycles. The fourth-order valence-electron chi connectivity index (χ4n) is 1.49. The van der Waals surface area contributed by atoms with Gasteiger partial charge < -0.3 is 26.4 Å². The lowest BCUT2D eigenvalue weighted by atomic mass is 10.0. The Morgan fingerprint density at radius 1 is 1.30 bits per heavy atom. The molecule has 7 nitrogen and oxygen atoms in total. The SMILES string of the molecule is NC(CS)C(=O)NC(Cc1ccc(O)c(O)c1)C(=O)O. The third-order valence-electron chi connectivity index (χ3n) is 2.63. The Morgan fingerprint density at radius 3 is 2.45 bits per heavy atom. The summed E-state index contributed by atoms with van der Waals surface area (Å²) in [5.74, 6) is -2.41. The molecule has 2 atom stereocenters. The number of aromatic hydroxyl groups is 2. The number of carbonyl (C=O) groups excluding carboxylic acids is 1. The van der Waals surface area contributed by atoms with Crippen LogP contribution in [0.15, 0.2) is 18.2 Å². The molecule has 1 aromatic rings. The van der Waals surface area contributed by atoms with E-state index in [0.29, 0.717) is 5.56 Å². The largest absolute Gasteiger partial charge is 0.504 e. The molecule has 8 heteroatoms. The number of carboxylic acid groups (broad SMARTS) is 1. The van der Waals surface area contributed by atoms with E-state index in [4.69, 9.17) is 10.8 Å². The molecule has 0 bridgehead atoms. The van der Waals surface area contributed by atoms with E-state index >= 15 is 0 Å². The van der Waals surface area contributed by atoms with Crippen LogP contribution < -0.4 is 11.1 Å². The summed E-state index contributed by atoms with van der Waals surface area (Å²) in [6, 6.07) is 1.85. The molecule has 6 N–H and O–H groups in total. The molecule has 0 saturated carbocycles. The normalized spacial score (nSPS) is 13.5. The number of nitrogens with one attached hydrogen (secondary N) is 1. The number of thiol groups is 1. The van der Waals surface area contributed by atoms with Gasteiger partial charge in [0, 0.05) is 12.2 Å². The number of hydrogen-bond donors (Lipinski definition) is 6. The number of rotatable bonds is 6. The van der Waals surface area contributed by atoms with E-state index in [-0.39, 0.29) is 23.7 Å². The molecule has 0 aliphatic carbocycles. The quantitative estimate of drug-likeness (QED) is 0.309. The van der Waals surface area contributed by atoms with Crippen molar-refractivity contribution < 1.29 is 24.9 Å². The number of nitrogens with two attached hydrogens (primary N) is 1. The summed E-state index contributed by atoms with van der Waals surface area (Å²) in [5, 5.41) is 29.9. The number of amides is 1. The summed E-state index contributed by atoms with van der Waals surface area (Å²) >= 11 is 3.86. The fourth-order valence-corrected chi connectivity index (χ4v) is 1.66. The number of carboxylic acids is 1. The van der Waals surface area contributed by atoms with Crippen LogP contribution in [0.1, 0.15) is 5.56 Å². The first kappa shape index (κ1) is 16.1. The van der Waals surface area contributed by atoms with Gasteiger partial charge in [-0.3, -0.25) is 4.79 Å². The minimum Gasteiger partial charge on any atom is -0.504 e. The predicted octanol–water partition coefficient (Wildman–Crippen LogP) is -0.533. The highest BCUT2D eigenvalue weighted by Gasteiger charge is 2.23. The second-order valence-electron chi connectivity index (χ2n) is 4.22. The molecule has 2 unspecified atom stereocenters. The lowest BCUT2D eigenvalue weighted by Crippen LogP contribution is -2.50. The molecule has 1 amide bonds. The number of benzene rings is 1. The van der Waals surface area contributed by atoms with E-state index < -0.39 is 24.0 Å². The van der Waals surface area contributed by atoms with E-state index in [0.717, 1.165) is 0 Å². The van der Waals surface area contributed by atoms with Crippen LogP contribution in [0, 0.1) is 0 Å². The van der Waals surface area contributed by atoms with Crippen molar-refractivity contribution in [1.82, 2.24) is 5.32 Å². The Morgan fingerprint density at radius 2 is 1.95 bits per heavy atom. The van der Waals surface area contributed by atoms with Gasteiger partial charge in [-0.2, -0.15) is 12.6 Å². The summed E-state index contributed by atoms with van der Waals surface area (Å²) in [4.78, 5) is 22.7. The van der Waals surface area contributed by atoms with Crippen LogP contribution in [0.25, 0.3) is 0 Å². The van der Waals surface area contributed by atoms with Crippen molar-refractivity contribution in [3.8, 4) is 11.5 Å². The maximum absolute atomic E-state index is 11.6. The summed E-state index contributed by atoms with van der Waals surface area (Å²) < 4.78 is 0. The van der Waals surface area contributed by atoms with Crippen molar-refractivity contribution in [2.45, 2.75) is 18.5 Å². The van der Waals surface area contributed by atoms with Gasteiger partial charge in [0.2, 0.25) is 5.91 Å². The van der Waals surface area contributed by atoms with Gasteiger partial charge in [0.1, 0.15) is 6.04 Å². The molecule has 0 fully saturated rings. The molecular weight excluding hydrogens is 284 g/mol. The van der Waals surface area contributed by atoms with E-state index in [2.05, 4.69) is 17.9 Å². The van der Waals surface area contributed by atoms with Gasteiger partial charge in [0.05, 0.1) is 6.04 Å². The molecule has 0 radical (unpaired) electrons. The van der Waals surface area contributed by atoms with E-state index in [1.807, 2.05) is 0 Å². The van der Waals surface area contributed by atoms with Crippen LogP contribution >= 0.6 is 12.6 Å². The zero-order chi connectivity index (χ0) is 15.3. The third kappa shape index (κ3) is 4.32. The number of carbonyl (C=O) groups is 2. The third-order valence-corrected chi connectivity index (χ3v) is 3.02. The first-order valence-corrected chi connectivity index (χ1v) is 6.39. The molecule has 0 spiro atoms. The van der Waals surface area contributed by atoms with Gasteiger partial charge in [-0.05, 0) is 17.7 Å². The lowest BCUT2D eigenvalue weighted by Gasteiger charge is -2.17. The molecule has 0 aliphatic rings. The fraction of sp³-hybridized carbons (Fsp3) is 0.333. The zero-order valence-corrected chi connectivity index (χ0v) is 11.4. The second kappa shape index (κ2) is 7.01. The van der Waals surface area contributed by atoms with Crippen molar-refractivity contribution in [1.29, 1.82) is 0 Å². The van der Waals surface area contributed by atoms with Gasteiger partial charge >= 0.3 is 5.97 Å². The van der Waals surface area contributed by atoms with Crippen molar-refractivity contribution >= 4 is 24.5 Å². The van der Waals surface area contributed by atoms with Crippen LogP contribution in [0.5, 0.6) is 11.5 Å². The smallest absolute Gasteiger partial charge is 0.326 e. The summed E-state index contributed by atoms with van der Waals surface area (Å²) in [5.41, 5.74) is 5.90. The number of hydrogen-bond acceptors (Lipinski definition) is 6. The Kier molecular flexibility index (Phi) is 5.66. The highest BCUT2D eigenvalue weighted by Crippen LogP contribution is 2.25. The monoisotopic (exact) mass is 300 g/mol. The molecule has 110 valence electrons. The lowest BCUT2D eigenvalue weighted by molar-refractivity contribution is -0.141. The molecular formula is C12H16N2O5S. The zero-order valence-electron chi connectivity index (χ0n) is 10.5. The van der Waals surface area contributed by atoms with Gasteiger partial charge in [0.25, 0.3) is 0 Å². The Hall–Kier alpha value is -1.93. The first-order chi connectivity index (χ1) is 9.35. The average Bonchev–Trinajstić information content (AvgIpc) is 2.40. The molecule has 0 aromatic heterocycles. The molecule has 1 rings (SSSR count).